The molecule has 1 aliphatic rings. The van der Waals surface area contributed by atoms with Crippen LogP contribution in [0.25, 0.3) is 5.82 Å². The topological polar surface area (TPSA) is 85.0 Å². The van der Waals surface area contributed by atoms with E-state index in [2.05, 4.69) is 25.3 Å². The lowest BCUT2D eigenvalue weighted by atomic mass is 10.1. The average Bonchev–Trinajstić information content (AvgIpc) is 3.18. The highest BCUT2D eigenvalue weighted by Crippen LogP contribution is 2.19. The number of carbonyl (C=O) groups excluding carboxylic acids is 1. The second-order valence-electron chi connectivity index (χ2n) is 7.54. The Balaban J connectivity index is 1.43. The highest BCUT2D eigenvalue weighted by atomic mass is 16.2. The van der Waals surface area contributed by atoms with Gasteiger partial charge in [0.15, 0.2) is 11.6 Å². The molecule has 9 nitrogen and oxygen atoms in total. The van der Waals surface area contributed by atoms with Crippen LogP contribution in [0.2, 0.25) is 0 Å². The van der Waals surface area contributed by atoms with Gasteiger partial charge in [0.2, 0.25) is 0 Å². The van der Waals surface area contributed by atoms with E-state index in [9.17, 15) is 4.79 Å². The minimum absolute atomic E-state index is 0.0544. The molecule has 152 valence electrons. The molecule has 0 radical (unpaired) electrons. The van der Waals surface area contributed by atoms with Crippen molar-refractivity contribution in [3.05, 3.63) is 46.5 Å². The molecule has 4 rings (SSSR count). The molecule has 0 bridgehead atoms. The lowest BCUT2D eigenvalue weighted by Gasteiger charge is -2.35. The molecule has 29 heavy (non-hydrogen) atoms. The summed E-state index contributed by atoms with van der Waals surface area (Å²) in [6.45, 7) is 10.5. The van der Waals surface area contributed by atoms with Crippen LogP contribution in [0.5, 0.6) is 0 Å². The number of piperazine rings is 1. The number of nitrogens with zero attached hydrogens (tertiary/aromatic N) is 8. The van der Waals surface area contributed by atoms with Crippen LogP contribution in [-0.2, 0) is 7.05 Å². The maximum absolute atomic E-state index is 12.9. The van der Waals surface area contributed by atoms with E-state index in [1.807, 2.05) is 57.8 Å². The fraction of sp³-hybridized carbons (Fsp3) is 0.450. The van der Waals surface area contributed by atoms with Crippen LogP contribution in [0.15, 0.2) is 18.2 Å². The van der Waals surface area contributed by atoms with Crippen molar-refractivity contribution in [2.24, 2.45) is 7.05 Å². The second-order valence-corrected chi connectivity index (χ2v) is 7.54. The predicted molar refractivity (Wildman–Crippen MR) is 109 cm³/mol. The van der Waals surface area contributed by atoms with Crippen molar-refractivity contribution in [2.75, 3.05) is 31.1 Å². The first-order chi connectivity index (χ1) is 13.8. The van der Waals surface area contributed by atoms with Gasteiger partial charge in [0.1, 0.15) is 0 Å². The minimum Gasteiger partial charge on any atom is -0.352 e. The van der Waals surface area contributed by atoms with Gasteiger partial charge < -0.3 is 9.80 Å². The Labute approximate surface area is 169 Å². The van der Waals surface area contributed by atoms with Crippen molar-refractivity contribution >= 4 is 11.7 Å². The number of anilines is 1. The molecule has 0 atom stereocenters. The van der Waals surface area contributed by atoms with Crippen molar-refractivity contribution in [2.45, 2.75) is 27.7 Å². The summed E-state index contributed by atoms with van der Waals surface area (Å²) < 4.78 is 3.56. The van der Waals surface area contributed by atoms with E-state index < -0.39 is 0 Å². The smallest absolute Gasteiger partial charge is 0.257 e. The number of amides is 1. The second kappa shape index (κ2) is 7.31. The molecule has 0 N–H and O–H groups in total. The Morgan fingerprint density at radius 2 is 1.59 bits per heavy atom. The molecule has 1 amide bonds. The van der Waals surface area contributed by atoms with Gasteiger partial charge in [0.05, 0.1) is 17.0 Å². The lowest BCUT2D eigenvalue weighted by Crippen LogP contribution is -2.49. The first kappa shape index (κ1) is 19.1. The highest BCUT2D eigenvalue weighted by Gasteiger charge is 2.27. The van der Waals surface area contributed by atoms with Crippen LogP contribution in [0.3, 0.4) is 0 Å². The van der Waals surface area contributed by atoms with Crippen LogP contribution in [0, 0.1) is 27.7 Å². The molecule has 3 aromatic heterocycles. The van der Waals surface area contributed by atoms with Crippen LogP contribution >= 0.6 is 0 Å². The molecule has 1 aliphatic heterocycles. The SMILES string of the molecule is Cc1cc(C)n(-c2ccc(N3CCN(C(=O)c4c(C)nn(C)c4C)CC3)nn2)n1. The van der Waals surface area contributed by atoms with Crippen molar-refractivity contribution in [3.63, 3.8) is 0 Å². The molecule has 0 saturated carbocycles. The molecule has 0 aromatic carbocycles. The van der Waals surface area contributed by atoms with Gasteiger partial charge >= 0.3 is 0 Å². The number of carbonyl (C=O) groups is 1. The molecular weight excluding hydrogens is 368 g/mol. The molecule has 0 unspecified atom stereocenters. The molecule has 3 aromatic rings. The molecule has 4 heterocycles. The Hall–Kier alpha value is -3.23. The number of aryl methyl sites for hydroxylation is 4. The number of hydrogen-bond acceptors (Lipinski definition) is 6. The first-order valence-electron chi connectivity index (χ1n) is 9.77. The zero-order chi connectivity index (χ0) is 20.7. The third-order valence-electron chi connectivity index (χ3n) is 5.48. The van der Waals surface area contributed by atoms with Crippen molar-refractivity contribution in [1.29, 1.82) is 0 Å². The van der Waals surface area contributed by atoms with Gasteiger partial charge in [-0.05, 0) is 45.9 Å². The van der Waals surface area contributed by atoms with Gasteiger partial charge in [-0.3, -0.25) is 9.48 Å². The van der Waals surface area contributed by atoms with E-state index in [4.69, 9.17) is 0 Å². The molecule has 1 saturated heterocycles. The predicted octanol–water partition coefficient (Wildman–Crippen LogP) is 1.59. The Bertz CT molecular complexity index is 1040. The summed E-state index contributed by atoms with van der Waals surface area (Å²) in [7, 11) is 1.87. The zero-order valence-electron chi connectivity index (χ0n) is 17.5. The van der Waals surface area contributed by atoms with Gasteiger partial charge in [-0.2, -0.15) is 10.2 Å². The maximum atomic E-state index is 12.9. The van der Waals surface area contributed by atoms with Crippen molar-refractivity contribution in [3.8, 4) is 5.82 Å². The summed E-state index contributed by atoms with van der Waals surface area (Å²) in [4.78, 5) is 17.0. The summed E-state index contributed by atoms with van der Waals surface area (Å²) in [5.41, 5.74) is 4.38. The largest absolute Gasteiger partial charge is 0.352 e. The summed E-state index contributed by atoms with van der Waals surface area (Å²) in [6.07, 6.45) is 0. The van der Waals surface area contributed by atoms with Crippen LogP contribution in [-0.4, -0.2) is 66.7 Å². The minimum atomic E-state index is 0.0544. The quantitative estimate of drug-likeness (QED) is 0.671. The summed E-state index contributed by atoms with van der Waals surface area (Å²) >= 11 is 0. The lowest BCUT2D eigenvalue weighted by molar-refractivity contribution is 0.0745. The Kier molecular flexibility index (Phi) is 4.81. The van der Waals surface area contributed by atoms with Gasteiger partial charge in [-0.15, -0.1) is 10.2 Å². The normalized spacial score (nSPS) is 14.5. The molecule has 0 spiro atoms. The number of hydrogen-bond donors (Lipinski definition) is 0. The molecule has 0 aliphatic carbocycles. The van der Waals surface area contributed by atoms with Gasteiger partial charge in [-0.1, -0.05) is 0 Å². The third-order valence-corrected chi connectivity index (χ3v) is 5.48. The number of rotatable bonds is 3. The fourth-order valence-corrected chi connectivity index (χ4v) is 3.84. The highest BCUT2D eigenvalue weighted by molar-refractivity contribution is 5.96. The molecular formula is C20H26N8O. The van der Waals surface area contributed by atoms with E-state index in [1.165, 1.54) is 0 Å². The van der Waals surface area contributed by atoms with E-state index in [1.54, 1.807) is 9.36 Å². The number of aromatic nitrogens is 6. The first-order valence-corrected chi connectivity index (χ1v) is 9.77. The van der Waals surface area contributed by atoms with Crippen LogP contribution < -0.4 is 4.90 Å². The molecule has 1 fully saturated rings. The monoisotopic (exact) mass is 394 g/mol. The van der Waals surface area contributed by atoms with Crippen LogP contribution in [0.1, 0.15) is 33.1 Å². The van der Waals surface area contributed by atoms with Gasteiger partial charge in [0, 0.05) is 44.6 Å². The standard InChI is InChI=1S/C20H26N8O/c1-13-12-14(2)28(23-13)18-7-6-17(21-22-18)26-8-10-27(11-9-26)20(29)19-15(3)24-25(5)16(19)4/h6-7,12H,8-11H2,1-5H3. The van der Waals surface area contributed by atoms with Gasteiger partial charge in [0.25, 0.3) is 5.91 Å². The zero-order valence-corrected chi connectivity index (χ0v) is 17.5. The maximum Gasteiger partial charge on any atom is 0.257 e. The van der Waals surface area contributed by atoms with E-state index in [-0.39, 0.29) is 5.91 Å². The van der Waals surface area contributed by atoms with E-state index in [0.717, 1.165) is 47.2 Å². The molecule has 9 heteroatoms. The average molecular weight is 394 g/mol. The van der Waals surface area contributed by atoms with Gasteiger partial charge in [-0.25, -0.2) is 4.68 Å². The van der Waals surface area contributed by atoms with Crippen LogP contribution in [0.4, 0.5) is 5.82 Å². The fourth-order valence-electron chi connectivity index (χ4n) is 3.84. The third kappa shape index (κ3) is 3.48. The summed E-state index contributed by atoms with van der Waals surface area (Å²) in [5.74, 6) is 1.57. The van der Waals surface area contributed by atoms with E-state index in [0.29, 0.717) is 18.9 Å². The van der Waals surface area contributed by atoms with Crippen molar-refractivity contribution in [1.82, 2.24) is 34.7 Å². The van der Waals surface area contributed by atoms with Crippen molar-refractivity contribution < 1.29 is 4.79 Å². The Morgan fingerprint density at radius 1 is 0.931 bits per heavy atom. The Morgan fingerprint density at radius 3 is 2.10 bits per heavy atom. The summed E-state index contributed by atoms with van der Waals surface area (Å²) in [5, 5.41) is 17.5. The van der Waals surface area contributed by atoms with E-state index >= 15 is 0 Å². The summed E-state index contributed by atoms with van der Waals surface area (Å²) in [6, 6.07) is 5.91.